The molecule has 334 valence electrons. The van der Waals surface area contributed by atoms with E-state index in [0.717, 1.165) is 71.2 Å². The third-order valence-electron chi connectivity index (χ3n) is 12.3. The summed E-state index contributed by atoms with van der Waals surface area (Å²) in [6.07, 6.45) is 8.50. The van der Waals surface area contributed by atoms with Gasteiger partial charge in [-0.25, -0.2) is 4.98 Å². The molecule has 5 heterocycles. The molecule has 2 saturated heterocycles. The molecule has 7 rings (SSSR count). The van der Waals surface area contributed by atoms with E-state index >= 15 is 0 Å². The molecule has 3 aromatic heterocycles. The number of carbonyl (C=O) groups is 4. The van der Waals surface area contributed by atoms with Crippen LogP contribution in [0.4, 0.5) is 0 Å². The number of H-pyrrole nitrogens is 1. The van der Waals surface area contributed by atoms with Crippen molar-refractivity contribution in [2.75, 3.05) is 19.6 Å². The van der Waals surface area contributed by atoms with Crippen molar-refractivity contribution in [3.05, 3.63) is 83.1 Å². The van der Waals surface area contributed by atoms with E-state index in [-0.39, 0.29) is 54.8 Å². The number of para-hydroxylation sites is 1. The first kappa shape index (κ1) is 45.4. The third-order valence-corrected chi connectivity index (χ3v) is 13.3. The second-order valence-electron chi connectivity index (χ2n) is 18.2. The van der Waals surface area contributed by atoms with Crippen molar-refractivity contribution < 1.29 is 29.4 Å². The quantitative estimate of drug-likeness (QED) is 0.0576. The topological polar surface area (TPSA) is 194 Å². The Morgan fingerprint density at radius 2 is 1.62 bits per heavy atom. The largest absolute Gasteiger partial charge is 0.507 e. The van der Waals surface area contributed by atoms with E-state index in [4.69, 9.17) is 0 Å². The van der Waals surface area contributed by atoms with Gasteiger partial charge < -0.3 is 35.6 Å². The summed E-state index contributed by atoms with van der Waals surface area (Å²) in [6.45, 7) is 9.29. The predicted molar refractivity (Wildman–Crippen MR) is 244 cm³/mol. The van der Waals surface area contributed by atoms with Crippen LogP contribution in [0.5, 0.6) is 5.75 Å². The summed E-state index contributed by atoms with van der Waals surface area (Å²) in [5.74, 6) is -0.354. The number of aryl methyl sites for hydroxylation is 1. The smallest absolute Gasteiger partial charge is 0.246 e. The molecule has 0 unspecified atom stereocenters. The van der Waals surface area contributed by atoms with Crippen molar-refractivity contribution in [1.82, 2.24) is 40.6 Å². The second-order valence-corrected chi connectivity index (χ2v) is 19.0. The molecule has 3 atom stereocenters. The number of likely N-dealkylation sites (tertiary alicyclic amines) is 2. The van der Waals surface area contributed by atoms with Gasteiger partial charge in [0.25, 0.3) is 0 Å². The molecule has 0 radical (unpaired) electrons. The number of fused-ring (bicyclic) bond motifs is 1. The first-order valence-electron chi connectivity index (χ1n) is 22.2. The maximum Gasteiger partial charge on any atom is 0.246 e. The van der Waals surface area contributed by atoms with E-state index in [1.807, 2.05) is 86.8 Å². The van der Waals surface area contributed by atoms with Crippen LogP contribution in [0.25, 0.3) is 32.7 Å². The van der Waals surface area contributed by atoms with Crippen LogP contribution < -0.4 is 10.6 Å². The Bertz CT molecular complexity index is 2380. The highest BCUT2D eigenvalue weighted by atomic mass is 32.1. The second kappa shape index (κ2) is 20.2. The number of hydrogen-bond donors (Lipinski definition) is 5. The molecule has 4 amide bonds. The molecule has 15 heteroatoms. The van der Waals surface area contributed by atoms with Crippen molar-refractivity contribution in [2.45, 2.75) is 123 Å². The molecule has 0 aliphatic carbocycles. The number of carbonyl (C=O) groups excluding carboxylic acids is 4. The lowest BCUT2D eigenvalue weighted by Gasteiger charge is -2.39. The van der Waals surface area contributed by atoms with Crippen molar-refractivity contribution in [1.29, 1.82) is 0 Å². The van der Waals surface area contributed by atoms with Crippen molar-refractivity contribution in [3.63, 3.8) is 0 Å². The monoisotopic (exact) mass is 876 g/mol. The fourth-order valence-electron chi connectivity index (χ4n) is 8.60. The number of unbranched alkanes of at least 4 members (excludes halogenated alkanes) is 6. The van der Waals surface area contributed by atoms with Gasteiger partial charge in [0, 0.05) is 68.5 Å². The Kier molecular flexibility index (Phi) is 14.6. The molecule has 5 N–H and O–H groups in total. The highest BCUT2D eigenvalue weighted by molar-refractivity contribution is 7.13. The zero-order valence-electron chi connectivity index (χ0n) is 36.7. The predicted octanol–water partition coefficient (Wildman–Crippen LogP) is 7.01. The SMILES string of the molecule is Cc1ncsc1-c1ccc(CNC(=O)[C@@H]2C[C@@H](O)CN2C(=O)[C@@H](NC(=O)CCCCCCCCCC(=O)N2CC(c3c[nH]c4nnc(-c5ccccc5O)cc34)C2)C(C)(C)C)cc1. The average molecular weight is 877 g/mol. The van der Waals surface area contributed by atoms with E-state index in [1.165, 1.54) is 4.90 Å². The Hall–Kier alpha value is -5.67. The summed E-state index contributed by atoms with van der Waals surface area (Å²) < 4.78 is 0. The molecular weight excluding hydrogens is 817 g/mol. The van der Waals surface area contributed by atoms with Gasteiger partial charge in [-0.2, -0.15) is 0 Å². The van der Waals surface area contributed by atoms with Crippen LogP contribution in [-0.4, -0.2) is 102 Å². The maximum atomic E-state index is 14.0. The molecule has 14 nitrogen and oxygen atoms in total. The highest BCUT2D eigenvalue weighted by Gasteiger charge is 2.44. The lowest BCUT2D eigenvalue weighted by atomic mass is 9.85. The van der Waals surface area contributed by atoms with Crippen molar-refractivity contribution >= 4 is 46.0 Å². The minimum Gasteiger partial charge on any atom is -0.507 e. The zero-order chi connectivity index (χ0) is 44.7. The third kappa shape index (κ3) is 11.1. The average Bonchev–Trinajstić information content (AvgIpc) is 3.98. The minimum atomic E-state index is -0.856. The Balaban J connectivity index is 0.775. The lowest BCUT2D eigenvalue weighted by molar-refractivity contribution is -0.144. The van der Waals surface area contributed by atoms with E-state index in [0.29, 0.717) is 49.3 Å². The number of benzene rings is 2. The van der Waals surface area contributed by atoms with Crippen molar-refractivity contribution in [2.24, 2.45) is 5.41 Å². The number of aromatic amines is 1. The number of phenolic OH excluding ortho intramolecular Hbond substituents is 1. The van der Waals surface area contributed by atoms with Crippen LogP contribution in [0.2, 0.25) is 0 Å². The lowest BCUT2D eigenvalue weighted by Crippen LogP contribution is -2.57. The van der Waals surface area contributed by atoms with Gasteiger partial charge in [0.05, 0.1) is 27.9 Å². The van der Waals surface area contributed by atoms with E-state index in [2.05, 4.69) is 30.8 Å². The molecule has 0 saturated carbocycles. The number of thiazole rings is 1. The number of aromatic hydroxyl groups is 1. The van der Waals surface area contributed by atoms with E-state index < -0.39 is 23.6 Å². The number of hydrogen-bond acceptors (Lipinski definition) is 10. The summed E-state index contributed by atoms with van der Waals surface area (Å²) in [6, 6.07) is 15.3. The number of aromatic nitrogens is 4. The number of rotatable bonds is 18. The Morgan fingerprint density at radius 1 is 0.921 bits per heavy atom. The highest BCUT2D eigenvalue weighted by Crippen LogP contribution is 2.35. The van der Waals surface area contributed by atoms with Crippen molar-refractivity contribution in [3.8, 4) is 27.4 Å². The maximum absolute atomic E-state index is 14.0. The van der Waals surface area contributed by atoms with Crippen LogP contribution in [0.3, 0.4) is 0 Å². The van der Waals surface area contributed by atoms with Gasteiger partial charge >= 0.3 is 0 Å². The fraction of sp³-hybridized carbons (Fsp3) is 0.479. The number of aliphatic hydroxyl groups excluding tert-OH is 1. The summed E-state index contributed by atoms with van der Waals surface area (Å²) in [4.78, 5) is 65.5. The molecule has 2 aliphatic heterocycles. The van der Waals surface area contributed by atoms with Crippen LogP contribution >= 0.6 is 11.3 Å². The summed E-state index contributed by atoms with van der Waals surface area (Å²) >= 11 is 1.58. The number of aliphatic hydroxyl groups is 1. The summed E-state index contributed by atoms with van der Waals surface area (Å²) in [5, 5.41) is 36.3. The molecule has 2 aromatic carbocycles. The number of β-amino-alcohol motifs (C(OH)–C–C–N with tert-alkyl or cyclic N) is 1. The standard InChI is InChI=1S/C48H60N8O6S/c1-30-43(63-29-51-30)32-20-18-31(19-21-32)24-50-46(61)39-22-34(57)28-56(39)47(62)44(48(2,3)4)52-41(59)16-10-8-6-5-7-9-11-17-42(60)55-26-33(27-55)37-25-49-45-36(37)23-38(53-54-45)35-14-12-13-15-40(35)58/h12-15,18-21,23,25,29,33-34,39,44,57-58H,5-11,16-17,22,24,26-28H2,1-4H3,(H,49,54)(H,50,61)(H,52,59)/t34-,39+,44-/m1/s1. The first-order valence-corrected chi connectivity index (χ1v) is 23.1. The van der Waals surface area contributed by atoms with Gasteiger partial charge in [-0.05, 0) is 60.1 Å². The van der Waals surface area contributed by atoms with Crippen LogP contribution in [0.15, 0.2) is 66.3 Å². The Morgan fingerprint density at radius 3 is 2.30 bits per heavy atom. The molecule has 0 spiro atoms. The molecule has 63 heavy (non-hydrogen) atoms. The minimum absolute atomic E-state index is 0.0294. The molecular formula is C48H60N8O6S. The fourth-order valence-corrected chi connectivity index (χ4v) is 9.41. The van der Waals surface area contributed by atoms with Gasteiger partial charge in [-0.1, -0.05) is 89.3 Å². The van der Waals surface area contributed by atoms with Gasteiger partial charge in [-0.15, -0.1) is 21.5 Å². The van der Waals surface area contributed by atoms with Gasteiger partial charge in [-0.3, -0.25) is 19.2 Å². The molecule has 2 aliphatic rings. The van der Waals surface area contributed by atoms with Crippen LogP contribution in [0, 0.1) is 12.3 Å². The number of nitrogens with one attached hydrogen (secondary N) is 3. The summed E-state index contributed by atoms with van der Waals surface area (Å²) in [5.41, 5.74) is 7.18. The molecule has 2 fully saturated rings. The normalized spacial score (nSPS) is 17.2. The van der Waals surface area contributed by atoms with Gasteiger partial charge in [0.2, 0.25) is 23.6 Å². The van der Waals surface area contributed by atoms with E-state index in [9.17, 15) is 29.4 Å². The summed E-state index contributed by atoms with van der Waals surface area (Å²) in [7, 11) is 0. The number of phenols is 1. The number of nitrogens with zero attached hydrogens (tertiary/aromatic N) is 5. The first-order chi connectivity index (χ1) is 30.3. The molecule has 0 bridgehead atoms. The zero-order valence-corrected chi connectivity index (χ0v) is 37.5. The number of amides is 4. The van der Waals surface area contributed by atoms with E-state index in [1.54, 1.807) is 23.5 Å². The van der Waals surface area contributed by atoms with Crippen LogP contribution in [0.1, 0.15) is 108 Å². The molecule has 5 aromatic rings. The Labute approximate surface area is 372 Å². The van der Waals surface area contributed by atoms with Gasteiger partial charge in [0.1, 0.15) is 17.8 Å². The van der Waals surface area contributed by atoms with Crippen LogP contribution in [-0.2, 0) is 25.7 Å². The van der Waals surface area contributed by atoms with Gasteiger partial charge in [0.15, 0.2) is 5.65 Å².